The van der Waals surface area contributed by atoms with E-state index in [-0.39, 0.29) is 5.82 Å². The zero-order chi connectivity index (χ0) is 14.9. The summed E-state index contributed by atoms with van der Waals surface area (Å²) in [6.07, 6.45) is 5.01. The van der Waals surface area contributed by atoms with Crippen LogP contribution in [0.5, 0.6) is 5.75 Å². The highest BCUT2D eigenvalue weighted by atomic mass is 32.1. The van der Waals surface area contributed by atoms with Gasteiger partial charge in [0.25, 0.3) is 0 Å². The molecule has 114 valence electrons. The molecule has 5 heteroatoms. The van der Waals surface area contributed by atoms with Crippen LogP contribution in [0.25, 0.3) is 0 Å². The maximum atomic E-state index is 13.4. The van der Waals surface area contributed by atoms with Crippen molar-refractivity contribution in [3.05, 3.63) is 46.2 Å². The molecule has 0 saturated heterocycles. The standard InChI is InChI=1S/C16H21FN2OS/c1-2-3-9-18-11-13-12-19-16(21-13)8-10-20-15-7-5-4-6-14(15)17/h4-7,12,18H,2-3,8-11H2,1H3. The maximum Gasteiger partial charge on any atom is 0.165 e. The lowest BCUT2D eigenvalue weighted by atomic mass is 10.3. The van der Waals surface area contributed by atoms with Gasteiger partial charge in [0.1, 0.15) is 0 Å². The Bertz CT molecular complexity index is 545. The molecule has 21 heavy (non-hydrogen) atoms. The first-order valence-electron chi connectivity index (χ1n) is 7.31. The summed E-state index contributed by atoms with van der Waals surface area (Å²) >= 11 is 1.68. The summed E-state index contributed by atoms with van der Waals surface area (Å²) in [6, 6.07) is 6.46. The third kappa shape index (κ3) is 5.44. The van der Waals surface area contributed by atoms with Crippen molar-refractivity contribution in [2.75, 3.05) is 13.2 Å². The Labute approximate surface area is 129 Å². The van der Waals surface area contributed by atoms with E-state index in [4.69, 9.17) is 4.74 Å². The number of ether oxygens (including phenoxy) is 1. The van der Waals surface area contributed by atoms with E-state index >= 15 is 0 Å². The van der Waals surface area contributed by atoms with Gasteiger partial charge >= 0.3 is 0 Å². The molecule has 0 unspecified atom stereocenters. The van der Waals surface area contributed by atoms with Crippen LogP contribution in [0.4, 0.5) is 4.39 Å². The van der Waals surface area contributed by atoms with Crippen LogP contribution in [0, 0.1) is 5.82 Å². The molecule has 0 saturated carbocycles. The molecule has 0 spiro atoms. The van der Waals surface area contributed by atoms with Gasteiger partial charge < -0.3 is 10.1 Å². The van der Waals surface area contributed by atoms with Gasteiger partial charge in [-0.25, -0.2) is 9.37 Å². The number of rotatable bonds is 9. The van der Waals surface area contributed by atoms with Crippen LogP contribution in [-0.4, -0.2) is 18.1 Å². The van der Waals surface area contributed by atoms with E-state index < -0.39 is 0 Å². The number of benzene rings is 1. The largest absolute Gasteiger partial charge is 0.490 e. The molecule has 1 aromatic heterocycles. The lowest BCUT2D eigenvalue weighted by molar-refractivity contribution is 0.305. The molecule has 2 aromatic rings. The number of nitrogens with zero attached hydrogens (tertiary/aromatic N) is 1. The van der Waals surface area contributed by atoms with Crippen LogP contribution in [-0.2, 0) is 13.0 Å². The van der Waals surface area contributed by atoms with Gasteiger partial charge in [-0.15, -0.1) is 11.3 Å². The summed E-state index contributed by atoms with van der Waals surface area (Å²) in [5, 5.41) is 4.42. The highest BCUT2D eigenvalue weighted by molar-refractivity contribution is 7.11. The van der Waals surface area contributed by atoms with Crippen molar-refractivity contribution in [2.24, 2.45) is 0 Å². The van der Waals surface area contributed by atoms with Crippen LogP contribution in [0.2, 0.25) is 0 Å². The first-order chi connectivity index (χ1) is 10.3. The first-order valence-corrected chi connectivity index (χ1v) is 8.13. The summed E-state index contributed by atoms with van der Waals surface area (Å²) in [5.74, 6) is -0.0204. The normalized spacial score (nSPS) is 10.8. The monoisotopic (exact) mass is 308 g/mol. The minimum absolute atomic E-state index is 0.301. The Morgan fingerprint density at radius 3 is 3.00 bits per heavy atom. The second-order valence-electron chi connectivity index (χ2n) is 4.78. The van der Waals surface area contributed by atoms with Gasteiger partial charge in [0.15, 0.2) is 11.6 Å². The maximum absolute atomic E-state index is 13.4. The van der Waals surface area contributed by atoms with Crippen molar-refractivity contribution >= 4 is 11.3 Å². The molecule has 1 aromatic carbocycles. The van der Waals surface area contributed by atoms with E-state index in [2.05, 4.69) is 17.2 Å². The van der Waals surface area contributed by atoms with E-state index in [0.29, 0.717) is 18.8 Å². The molecule has 3 nitrogen and oxygen atoms in total. The number of unbranched alkanes of at least 4 members (excludes halogenated alkanes) is 1. The zero-order valence-electron chi connectivity index (χ0n) is 12.3. The number of para-hydroxylation sites is 1. The second-order valence-corrected chi connectivity index (χ2v) is 5.98. The van der Waals surface area contributed by atoms with E-state index in [0.717, 1.165) is 18.1 Å². The first kappa shape index (κ1) is 15.9. The molecule has 0 atom stereocenters. The van der Waals surface area contributed by atoms with Crippen molar-refractivity contribution < 1.29 is 9.13 Å². The number of aromatic nitrogens is 1. The van der Waals surface area contributed by atoms with Crippen LogP contribution >= 0.6 is 11.3 Å². The third-order valence-electron chi connectivity index (χ3n) is 3.02. The summed E-state index contributed by atoms with van der Waals surface area (Å²) in [4.78, 5) is 5.60. The van der Waals surface area contributed by atoms with Crippen LogP contribution in [0.1, 0.15) is 29.7 Å². The molecule has 0 aliphatic rings. The van der Waals surface area contributed by atoms with Gasteiger partial charge in [0, 0.05) is 24.0 Å². The lowest BCUT2D eigenvalue weighted by Crippen LogP contribution is -2.13. The predicted molar refractivity (Wildman–Crippen MR) is 84.3 cm³/mol. The third-order valence-corrected chi connectivity index (χ3v) is 4.08. The Morgan fingerprint density at radius 2 is 2.19 bits per heavy atom. The molecule has 0 amide bonds. The van der Waals surface area contributed by atoms with Gasteiger partial charge in [-0.1, -0.05) is 25.5 Å². The predicted octanol–water partition coefficient (Wildman–Crippen LogP) is 3.79. The fourth-order valence-corrected chi connectivity index (χ4v) is 2.74. The Kier molecular flexibility index (Phi) is 6.63. The van der Waals surface area contributed by atoms with Crippen molar-refractivity contribution in [3.63, 3.8) is 0 Å². The highest BCUT2D eigenvalue weighted by Crippen LogP contribution is 2.17. The van der Waals surface area contributed by atoms with Gasteiger partial charge in [0.05, 0.1) is 11.6 Å². The molecule has 0 aliphatic heterocycles. The van der Waals surface area contributed by atoms with E-state index in [1.54, 1.807) is 29.5 Å². The minimum Gasteiger partial charge on any atom is -0.490 e. The number of nitrogens with one attached hydrogen (secondary N) is 1. The van der Waals surface area contributed by atoms with Crippen molar-refractivity contribution in [1.82, 2.24) is 10.3 Å². The van der Waals surface area contributed by atoms with Crippen molar-refractivity contribution in [3.8, 4) is 5.75 Å². The molecule has 0 fully saturated rings. The smallest absolute Gasteiger partial charge is 0.165 e. The molecule has 2 rings (SSSR count). The average Bonchev–Trinajstić information content (AvgIpc) is 2.94. The van der Waals surface area contributed by atoms with Crippen molar-refractivity contribution in [2.45, 2.75) is 32.7 Å². The van der Waals surface area contributed by atoms with Crippen LogP contribution in [0.3, 0.4) is 0 Å². The molecule has 0 aliphatic carbocycles. The molecule has 1 heterocycles. The van der Waals surface area contributed by atoms with E-state index in [1.807, 2.05) is 6.20 Å². The number of halogens is 1. The molecular weight excluding hydrogens is 287 g/mol. The van der Waals surface area contributed by atoms with Gasteiger partial charge in [0.2, 0.25) is 0 Å². The lowest BCUT2D eigenvalue weighted by Gasteiger charge is -2.05. The van der Waals surface area contributed by atoms with E-state index in [1.165, 1.54) is 23.8 Å². The second kappa shape index (κ2) is 8.74. The summed E-state index contributed by atoms with van der Waals surface area (Å²) in [7, 11) is 0. The fraction of sp³-hybridized carbons (Fsp3) is 0.438. The van der Waals surface area contributed by atoms with Crippen LogP contribution < -0.4 is 10.1 Å². The molecule has 1 N–H and O–H groups in total. The van der Waals surface area contributed by atoms with E-state index in [9.17, 15) is 4.39 Å². The fourth-order valence-electron chi connectivity index (χ4n) is 1.87. The SMILES string of the molecule is CCCCNCc1cnc(CCOc2ccccc2F)s1. The van der Waals surface area contributed by atoms with Crippen molar-refractivity contribution in [1.29, 1.82) is 0 Å². The summed E-state index contributed by atoms with van der Waals surface area (Å²) in [6.45, 7) is 4.53. The Hall–Kier alpha value is -1.46. The topological polar surface area (TPSA) is 34.2 Å². The Morgan fingerprint density at radius 1 is 1.33 bits per heavy atom. The molecule has 0 radical (unpaired) electrons. The number of hydrogen-bond donors (Lipinski definition) is 1. The molecular formula is C16H21FN2OS. The minimum atomic E-state index is -0.322. The number of hydrogen-bond acceptors (Lipinski definition) is 4. The summed E-state index contributed by atoms with van der Waals surface area (Å²) < 4.78 is 18.8. The zero-order valence-corrected chi connectivity index (χ0v) is 13.1. The summed E-state index contributed by atoms with van der Waals surface area (Å²) in [5.41, 5.74) is 0. The van der Waals surface area contributed by atoms with Gasteiger partial charge in [-0.3, -0.25) is 0 Å². The van der Waals surface area contributed by atoms with Crippen LogP contribution in [0.15, 0.2) is 30.5 Å². The average molecular weight is 308 g/mol. The Balaban J connectivity index is 1.71. The molecule has 0 bridgehead atoms. The quantitative estimate of drug-likeness (QED) is 0.716. The highest BCUT2D eigenvalue weighted by Gasteiger charge is 2.04. The number of thiazole rings is 1. The van der Waals surface area contributed by atoms with Gasteiger partial charge in [-0.2, -0.15) is 0 Å². The van der Waals surface area contributed by atoms with Gasteiger partial charge in [-0.05, 0) is 25.1 Å².